The number of rotatable bonds is 6. The van der Waals surface area contributed by atoms with Crippen molar-refractivity contribution in [3.05, 3.63) is 24.2 Å². The SMILES string of the molecule is CC1CCCN(S(=O)(=O)NCC(c2ccco2)N(C)C)C1. The first kappa shape index (κ1) is 16.5. The standard InChI is InChI=1S/C14H25N3O3S/c1-12-6-4-8-17(11-12)21(18,19)15-10-13(16(2)3)14-7-5-9-20-14/h5,7,9,12-13,15H,4,6,8,10-11H2,1-3H3. The highest BCUT2D eigenvalue weighted by molar-refractivity contribution is 7.87. The second-order valence-electron chi connectivity index (χ2n) is 5.95. The molecule has 1 N–H and O–H groups in total. The van der Waals surface area contributed by atoms with E-state index < -0.39 is 10.2 Å². The quantitative estimate of drug-likeness (QED) is 0.863. The van der Waals surface area contributed by atoms with Gasteiger partial charge in [0, 0.05) is 19.6 Å². The third-order valence-electron chi connectivity index (χ3n) is 3.91. The lowest BCUT2D eigenvalue weighted by atomic mass is 10.0. The van der Waals surface area contributed by atoms with Gasteiger partial charge in [0.25, 0.3) is 10.2 Å². The molecule has 1 aromatic heterocycles. The van der Waals surface area contributed by atoms with E-state index in [0.717, 1.165) is 18.6 Å². The zero-order valence-electron chi connectivity index (χ0n) is 12.9. The van der Waals surface area contributed by atoms with Gasteiger partial charge < -0.3 is 4.42 Å². The first-order valence-corrected chi connectivity index (χ1v) is 8.78. The van der Waals surface area contributed by atoms with Crippen molar-refractivity contribution in [2.45, 2.75) is 25.8 Å². The molecule has 1 aliphatic heterocycles. The predicted octanol–water partition coefficient (Wildman–Crippen LogP) is 1.45. The number of piperidine rings is 1. The van der Waals surface area contributed by atoms with Crippen LogP contribution in [0.2, 0.25) is 0 Å². The molecule has 2 atom stereocenters. The Morgan fingerprint density at radius 2 is 2.29 bits per heavy atom. The zero-order chi connectivity index (χ0) is 15.5. The summed E-state index contributed by atoms with van der Waals surface area (Å²) in [6, 6.07) is 3.56. The summed E-state index contributed by atoms with van der Waals surface area (Å²) in [6.45, 7) is 3.59. The smallest absolute Gasteiger partial charge is 0.279 e. The zero-order valence-corrected chi connectivity index (χ0v) is 13.8. The summed E-state index contributed by atoms with van der Waals surface area (Å²) in [5.74, 6) is 1.18. The maximum atomic E-state index is 12.4. The van der Waals surface area contributed by atoms with E-state index in [2.05, 4.69) is 11.6 Å². The van der Waals surface area contributed by atoms with Crippen molar-refractivity contribution in [3.63, 3.8) is 0 Å². The topological polar surface area (TPSA) is 65.8 Å². The maximum Gasteiger partial charge on any atom is 0.279 e. The summed E-state index contributed by atoms with van der Waals surface area (Å²) in [7, 11) is 0.393. The molecule has 21 heavy (non-hydrogen) atoms. The Morgan fingerprint density at radius 1 is 1.52 bits per heavy atom. The van der Waals surface area contributed by atoms with E-state index >= 15 is 0 Å². The van der Waals surface area contributed by atoms with E-state index in [0.29, 0.717) is 25.6 Å². The fraction of sp³-hybridized carbons (Fsp3) is 0.714. The molecule has 0 amide bonds. The Labute approximate surface area is 127 Å². The normalized spacial score (nSPS) is 22.6. The lowest BCUT2D eigenvalue weighted by molar-refractivity contribution is 0.251. The van der Waals surface area contributed by atoms with E-state index in [-0.39, 0.29) is 6.04 Å². The number of likely N-dealkylation sites (N-methyl/N-ethyl adjacent to an activating group) is 1. The van der Waals surface area contributed by atoms with Crippen LogP contribution in [0, 0.1) is 5.92 Å². The third kappa shape index (κ3) is 4.29. The van der Waals surface area contributed by atoms with Gasteiger partial charge in [-0.15, -0.1) is 0 Å². The molecule has 0 bridgehead atoms. The Hall–Kier alpha value is -0.890. The molecule has 0 radical (unpaired) electrons. The van der Waals surface area contributed by atoms with Crippen molar-refractivity contribution < 1.29 is 12.8 Å². The number of nitrogens with one attached hydrogen (secondary N) is 1. The van der Waals surface area contributed by atoms with E-state index in [1.807, 2.05) is 31.1 Å². The van der Waals surface area contributed by atoms with E-state index in [4.69, 9.17) is 4.42 Å². The molecule has 0 aromatic carbocycles. The minimum Gasteiger partial charge on any atom is -0.468 e. The maximum absolute atomic E-state index is 12.4. The van der Waals surface area contributed by atoms with Crippen LogP contribution in [0.25, 0.3) is 0 Å². The Balaban J connectivity index is 1.99. The Morgan fingerprint density at radius 3 is 2.86 bits per heavy atom. The van der Waals surface area contributed by atoms with Gasteiger partial charge in [0.15, 0.2) is 0 Å². The summed E-state index contributed by atoms with van der Waals surface area (Å²) in [5, 5.41) is 0. The van der Waals surface area contributed by atoms with Gasteiger partial charge in [0.05, 0.1) is 12.3 Å². The van der Waals surface area contributed by atoms with Crippen LogP contribution in [0.15, 0.2) is 22.8 Å². The van der Waals surface area contributed by atoms with Crippen LogP contribution in [0.5, 0.6) is 0 Å². The second kappa shape index (κ2) is 6.91. The van der Waals surface area contributed by atoms with Gasteiger partial charge >= 0.3 is 0 Å². The molecule has 1 saturated heterocycles. The minimum atomic E-state index is -3.42. The summed E-state index contributed by atoms with van der Waals surface area (Å²) in [4.78, 5) is 1.94. The van der Waals surface area contributed by atoms with Crippen LogP contribution < -0.4 is 4.72 Å². The van der Waals surface area contributed by atoms with Gasteiger partial charge in [-0.1, -0.05) is 6.92 Å². The highest BCUT2D eigenvalue weighted by Gasteiger charge is 2.28. The van der Waals surface area contributed by atoms with Crippen molar-refractivity contribution in [2.24, 2.45) is 5.92 Å². The largest absolute Gasteiger partial charge is 0.468 e. The molecule has 0 aliphatic carbocycles. The van der Waals surface area contributed by atoms with Crippen LogP contribution in [0.3, 0.4) is 0 Å². The minimum absolute atomic E-state index is 0.114. The van der Waals surface area contributed by atoms with Gasteiger partial charge in [0.2, 0.25) is 0 Å². The molecule has 0 saturated carbocycles. The van der Waals surface area contributed by atoms with Gasteiger partial charge in [0.1, 0.15) is 5.76 Å². The van der Waals surface area contributed by atoms with Crippen LogP contribution in [-0.2, 0) is 10.2 Å². The van der Waals surface area contributed by atoms with Crippen LogP contribution in [-0.4, -0.2) is 51.4 Å². The number of hydrogen-bond acceptors (Lipinski definition) is 4. The number of hydrogen-bond donors (Lipinski definition) is 1. The molecule has 2 unspecified atom stereocenters. The lowest BCUT2D eigenvalue weighted by Gasteiger charge is -2.31. The van der Waals surface area contributed by atoms with Crippen molar-refractivity contribution in [2.75, 3.05) is 33.7 Å². The van der Waals surface area contributed by atoms with Crippen LogP contribution in [0.1, 0.15) is 31.6 Å². The molecule has 1 aromatic rings. The average molecular weight is 315 g/mol. The first-order chi connectivity index (χ1) is 9.90. The average Bonchev–Trinajstić information content (AvgIpc) is 2.92. The fourth-order valence-corrected chi connectivity index (χ4v) is 4.03. The molecule has 1 aliphatic rings. The van der Waals surface area contributed by atoms with Gasteiger partial charge in [-0.25, -0.2) is 4.72 Å². The van der Waals surface area contributed by atoms with E-state index in [9.17, 15) is 8.42 Å². The summed E-state index contributed by atoms with van der Waals surface area (Å²) in [5.41, 5.74) is 0. The molecule has 2 heterocycles. The summed E-state index contributed by atoms with van der Waals surface area (Å²) >= 11 is 0. The fourth-order valence-electron chi connectivity index (χ4n) is 2.66. The van der Waals surface area contributed by atoms with E-state index in [1.165, 1.54) is 0 Å². The molecule has 7 heteroatoms. The third-order valence-corrected chi connectivity index (χ3v) is 5.46. The molecule has 2 rings (SSSR count). The van der Waals surface area contributed by atoms with Crippen molar-refractivity contribution in [1.82, 2.24) is 13.9 Å². The Kier molecular flexibility index (Phi) is 5.43. The molecule has 120 valence electrons. The highest BCUT2D eigenvalue weighted by Crippen LogP contribution is 2.20. The predicted molar refractivity (Wildman–Crippen MR) is 82.0 cm³/mol. The molecule has 0 spiro atoms. The molecular formula is C14H25N3O3S. The summed E-state index contributed by atoms with van der Waals surface area (Å²) < 4.78 is 34.4. The molecule has 1 fully saturated rings. The molecule has 6 nitrogen and oxygen atoms in total. The van der Waals surface area contributed by atoms with Crippen LogP contribution >= 0.6 is 0 Å². The van der Waals surface area contributed by atoms with Crippen molar-refractivity contribution >= 4 is 10.2 Å². The highest BCUT2D eigenvalue weighted by atomic mass is 32.2. The summed E-state index contributed by atoms with van der Waals surface area (Å²) in [6.07, 6.45) is 3.63. The first-order valence-electron chi connectivity index (χ1n) is 7.34. The lowest BCUT2D eigenvalue weighted by Crippen LogP contribution is -2.47. The van der Waals surface area contributed by atoms with Crippen molar-refractivity contribution in [3.8, 4) is 0 Å². The van der Waals surface area contributed by atoms with Gasteiger partial charge in [-0.05, 0) is 45.0 Å². The number of furan rings is 1. The van der Waals surface area contributed by atoms with Crippen molar-refractivity contribution in [1.29, 1.82) is 0 Å². The molecular weight excluding hydrogens is 290 g/mol. The number of nitrogens with zero attached hydrogens (tertiary/aromatic N) is 2. The van der Waals surface area contributed by atoms with Crippen LogP contribution in [0.4, 0.5) is 0 Å². The van der Waals surface area contributed by atoms with Gasteiger partial charge in [-0.3, -0.25) is 4.90 Å². The second-order valence-corrected chi connectivity index (χ2v) is 7.71. The van der Waals surface area contributed by atoms with E-state index in [1.54, 1.807) is 10.6 Å². The Bertz CT molecular complexity index is 528. The van der Waals surface area contributed by atoms with Gasteiger partial charge in [-0.2, -0.15) is 12.7 Å². The monoisotopic (exact) mass is 315 g/mol.